The maximum atomic E-state index is 13.3. The molecule has 2 heterocycles. The highest BCUT2D eigenvalue weighted by Crippen LogP contribution is 2.19. The van der Waals surface area contributed by atoms with Crippen molar-refractivity contribution in [2.24, 2.45) is 5.92 Å². The van der Waals surface area contributed by atoms with Gasteiger partial charge in [0.1, 0.15) is 5.82 Å². The van der Waals surface area contributed by atoms with Gasteiger partial charge in [-0.15, -0.1) is 0 Å². The van der Waals surface area contributed by atoms with Crippen molar-refractivity contribution >= 4 is 0 Å². The summed E-state index contributed by atoms with van der Waals surface area (Å²) in [6, 6.07) is 3.10. The molecule has 14 heavy (non-hydrogen) atoms. The van der Waals surface area contributed by atoms with E-state index in [1.165, 1.54) is 6.07 Å². The molecule has 0 bridgehead atoms. The molecule has 1 aromatic rings. The van der Waals surface area contributed by atoms with Crippen LogP contribution in [-0.4, -0.2) is 18.2 Å². The highest BCUT2D eigenvalue weighted by atomic mass is 19.1. The lowest BCUT2D eigenvalue weighted by Gasteiger charge is -2.21. The molecule has 0 aliphatic carbocycles. The van der Waals surface area contributed by atoms with Gasteiger partial charge in [0.15, 0.2) is 0 Å². The monoisotopic (exact) mass is 195 g/mol. The Hall–Kier alpha value is -0.960. The van der Waals surface area contributed by atoms with Crippen LogP contribution < -0.4 is 0 Å². The van der Waals surface area contributed by atoms with Gasteiger partial charge in [-0.05, 0) is 37.3 Å². The normalized spacial score (nSPS) is 18.4. The van der Waals surface area contributed by atoms with Gasteiger partial charge in [-0.2, -0.15) is 0 Å². The molecule has 0 unspecified atom stereocenters. The molecule has 2 nitrogen and oxygen atoms in total. The minimum atomic E-state index is -0.181. The van der Waals surface area contributed by atoms with E-state index in [-0.39, 0.29) is 5.82 Å². The van der Waals surface area contributed by atoms with Crippen molar-refractivity contribution in [1.29, 1.82) is 0 Å². The Morgan fingerprint density at radius 3 is 2.93 bits per heavy atom. The third-order valence-corrected chi connectivity index (χ3v) is 2.66. The third-order valence-electron chi connectivity index (χ3n) is 2.66. The average molecular weight is 195 g/mol. The summed E-state index contributed by atoms with van der Waals surface area (Å²) in [4.78, 5) is 4.06. The minimum Gasteiger partial charge on any atom is -0.381 e. The van der Waals surface area contributed by atoms with Gasteiger partial charge in [0, 0.05) is 19.4 Å². The van der Waals surface area contributed by atoms with E-state index in [1.54, 1.807) is 12.3 Å². The number of rotatable bonds is 2. The fourth-order valence-corrected chi connectivity index (χ4v) is 1.79. The van der Waals surface area contributed by atoms with E-state index >= 15 is 0 Å². The van der Waals surface area contributed by atoms with E-state index in [2.05, 4.69) is 4.98 Å². The van der Waals surface area contributed by atoms with Gasteiger partial charge in [-0.25, -0.2) is 4.39 Å². The molecule has 76 valence electrons. The molecule has 0 amide bonds. The zero-order chi connectivity index (χ0) is 9.80. The van der Waals surface area contributed by atoms with E-state index in [1.807, 2.05) is 0 Å². The second-order valence-corrected chi connectivity index (χ2v) is 3.69. The minimum absolute atomic E-state index is 0.181. The number of ether oxygens (including phenoxy) is 1. The fraction of sp³-hybridized carbons (Fsp3) is 0.545. The largest absolute Gasteiger partial charge is 0.381 e. The topological polar surface area (TPSA) is 22.1 Å². The van der Waals surface area contributed by atoms with Crippen molar-refractivity contribution in [3.63, 3.8) is 0 Å². The van der Waals surface area contributed by atoms with Gasteiger partial charge in [0.2, 0.25) is 0 Å². The SMILES string of the molecule is Fc1cccnc1CC1CCOCC1. The summed E-state index contributed by atoms with van der Waals surface area (Å²) in [5, 5.41) is 0. The highest BCUT2D eigenvalue weighted by molar-refractivity contribution is 5.07. The van der Waals surface area contributed by atoms with Gasteiger partial charge in [-0.3, -0.25) is 4.98 Å². The first-order valence-corrected chi connectivity index (χ1v) is 5.03. The van der Waals surface area contributed by atoms with Crippen LogP contribution in [0.5, 0.6) is 0 Å². The Bertz CT molecular complexity index is 297. The molecule has 1 aliphatic heterocycles. The van der Waals surface area contributed by atoms with E-state index < -0.39 is 0 Å². The fourth-order valence-electron chi connectivity index (χ4n) is 1.79. The Kier molecular flexibility index (Phi) is 3.09. The maximum absolute atomic E-state index is 13.3. The number of nitrogens with zero attached hydrogens (tertiary/aromatic N) is 1. The van der Waals surface area contributed by atoms with Crippen molar-refractivity contribution in [3.8, 4) is 0 Å². The quantitative estimate of drug-likeness (QED) is 0.721. The van der Waals surface area contributed by atoms with Crippen molar-refractivity contribution in [1.82, 2.24) is 4.98 Å². The molecule has 0 radical (unpaired) electrons. The van der Waals surface area contributed by atoms with Crippen molar-refractivity contribution in [3.05, 3.63) is 29.8 Å². The van der Waals surface area contributed by atoms with Crippen LogP contribution in [-0.2, 0) is 11.2 Å². The molecular formula is C11H14FNO. The molecule has 0 aromatic carbocycles. The first-order valence-electron chi connectivity index (χ1n) is 5.03. The van der Waals surface area contributed by atoms with E-state index in [4.69, 9.17) is 4.74 Å². The molecule has 1 aromatic heterocycles. The van der Waals surface area contributed by atoms with Gasteiger partial charge < -0.3 is 4.74 Å². The molecule has 3 heteroatoms. The highest BCUT2D eigenvalue weighted by Gasteiger charge is 2.16. The van der Waals surface area contributed by atoms with Crippen LogP contribution in [0, 0.1) is 11.7 Å². The second-order valence-electron chi connectivity index (χ2n) is 3.69. The van der Waals surface area contributed by atoms with E-state index in [0.717, 1.165) is 32.5 Å². The Morgan fingerprint density at radius 2 is 2.21 bits per heavy atom. The first-order chi connectivity index (χ1) is 6.86. The van der Waals surface area contributed by atoms with Gasteiger partial charge in [-0.1, -0.05) is 0 Å². The molecule has 0 N–H and O–H groups in total. The number of halogens is 1. The molecule has 0 spiro atoms. The van der Waals surface area contributed by atoms with Crippen molar-refractivity contribution < 1.29 is 9.13 Å². The molecule has 1 fully saturated rings. The van der Waals surface area contributed by atoms with E-state index in [9.17, 15) is 4.39 Å². The summed E-state index contributed by atoms with van der Waals surface area (Å²) in [6.45, 7) is 1.61. The summed E-state index contributed by atoms with van der Waals surface area (Å²) < 4.78 is 18.5. The molecule has 1 aliphatic rings. The summed E-state index contributed by atoms with van der Waals surface area (Å²) in [5.41, 5.74) is 0.597. The van der Waals surface area contributed by atoms with Crippen molar-refractivity contribution in [2.75, 3.05) is 13.2 Å². The van der Waals surface area contributed by atoms with Crippen LogP contribution in [0.25, 0.3) is 0 Å². The lowest BCUT2D eigenvalue weighted by Crippen LogP contribution is -2.18. The Labute approximate surface area is 83.1 Å². The van der Waals surface area contributed by atoms with Gasteiger partial charge >= 0.3 is 0 Å². The smallest absolute Gasteiger partial charge is 0.144 e. The summed E-state index contributed by atoms with van der Waals surface area (Å²) >= 11 is 0. The lowest BCUT2D eigenvalue weighted by atomic mass is 9.94. The van der Waals surface area contributed by atoms with Crippen molar-refractivity contribution in [2.45, 2.75) is 19.3 Å². The number of hydrogen-bond acceptors (Lipinski definition) is 2. The number of hydrogen-bond donors (Lipinski definition) is 0. The standard InChI is InChI=1S/C11H14FNO/c12-10-2-1-5-13-11(10)8-9-3-6-14-7-4-9/h1-2,5,9H,3-4,6-8H2. The zero-order valence-electron chi connectivity index (χ0n) is 8.08. The third kappa shape index (κ3) is 2.29. The van der Waals surface area contributed by atoms with Crippen LogP contribution in [0.1, 0.15) is 18.5 Å². The van der Waals surface area contributed by atoms with Crippen LogP contribution in [0.3, 0.4) is 0 Å². The molecule has 1 saturated heterocycles. The van der Waals surface area contributed by atoms with E-state index in [0.29, 0.717) is 11.6 Å². The first kappa shape index (κ1) is 9.59. The molecular weight excluding hydrogens is 181 g/mol. The van der Waals surface area contributed by atoms with Crippen LogP contribution >= 0.6 is 0 Å². The molecule has 0 atom stereocenters. The Morgan fingerprint density at radius 1 is 1.43 bits per heavy atom. The predicted octanol–water partition coefficient (Wildman–Crippen LogP) is 2.19. The van der Waals surface area contributed by atoms with Crippen LogP contribution in [0.4, 0.5) is 4.39 Å². The van der Waals surface area contributed by atoms with Crippen LogP contribution in [0.2, 0.25) is 0 Å². The Balaban J connectivity index is 1.99. The number of pyridine rings is 1. The second kappa shape index (κ2) is 4.51. The van der Waals surface area contributed by atoms with Gasteiger partial charge in [0.05, 0.1) is 5.69 Å². The average Bonchev–Trinajstić information content (AvgIpc) is 2.23. The zero-order valence-corrected chi connectivity index (χ0v) is 8.08. The maximum Gasteiger partial charge on any atom is 0.144 e. The lowest BCUT2D eigenvalue weighted by molar-refractivity contribution is 0.0660. The summed E-state index contributed by atoms with van der Waals surface area (Å²) in [5.74, 6) is 0.354. The van der Waals surface area contributed by atoms with Gasteiger partial charge in [0.25, 0.3) is 0 Å². The summed E-state index contributed by atoms with van der Waals surface area (Å²) in [7, 11) is 0. The number of aromatic nitrogens is 1. The summed E-state index contributed by atoms with van der Waals surface area (Å²) in [6.07, 6.45) is 4.44. The van der Waals surface area contributed by atoms with Crippen LogP contribution in [0.15, 0.2) is 18.3 Å². The molecule has 0 saturated carbocycles. The predicted molar refractivity (Wildman–Crippen MR) is 51.4 cm³/mol. The molecule has 2 rings (SSSR count).